The summed E-state index contributed by atoms with van der Waals surface area (Å²) in [6.07, 6.45) is 3.61. The summed E-state index contributed by atoms with van der Waals surface area (Å²) in [5, 5.41) is 1.46. The van der Waals surface area contributed by atoms with Gasteiger partial charge in [-0.25, -0.2) is 0 Å². The number of hydrogen-bond donors (Lipinski definition) is 0. The number of rotatable bonds is 3. The van der Waals surface area contributed by atoms with Crippen LogP contribution in [-0.4, -0.2) is 52.9 Å². The lowest BCUT2D eigenvalue weighted by molar-refractivity contribution is 0.0740. The highest BCUT2D eigenvalue weighted by atomic mass is 35.5. The van der Waals surface area contributed by atoms with E-state index in [1.165, 1.54) is 19.3 Å². The second-order valence-electron chi connectivity index (χ2n) is 7.75. The van der Waals surface area contributed by atoms with E-state index < -0.39 is 0 Å². The Bertz CT molecular complexity index is 837. The van der Waals surface area contributed by atoms with Crippen molar-refractivity contribution in [3.63, 3.8) is 0 Å². The van der Waals surface area contributed by atoms with Crippen LogP contribution >= 0.6 is 11.6 Å². The first-order chi connectivity index (χ1) is 12.6. The molecule has 3 aliphatic rings. The van der Waals surface area contributed by atoms with Gasteiger partial charge < -0.3 is 4.90 Å². The second kappa shape index (κ2) is 7.16. The number of halogens is 1. The summed E-state index contributed by atoms with van der Waals surface area (Å²) in [4.78, 5) is 22.7. The predicted octanol–water partition coefficient (Wildman–Crippen LogP) is 4.14. The number of aromatic nitrogens is 1. The van der Waals surface area contributed by atoms with Gasteiger partial charge in [-0.1, -0.05) is 30.7 Å². The van der Waals surface area contributed by atoms with E-state index in [4.69, 9.17) is 11.6 Å². The maximum absolute atomic E-state index is 13.4. The smallest absolute Gasteiger partial charge is 0.254 e. The normalized spacial score (nSPS) is 23.4. The lowest BCUT2D eigenvalue weighted by Gasteiger charge is -2.35. The third-order valence-corrected chi connectivity index (χ3v) is 6.08. The molecule has 0 radical (unpaired) electrons. The van der Waals surface area contributed by atoms with Gasteiger partial charge >= 0.3 is 0 Å². The van der Waals surface area contributed by atoms with E-state index in [0.717, 1.165) is 48.3 Å². The number of amides is 1. The minimum atomic E-state index is 0.123. The monoisotopic (exact) mass is 371 g/mol. The summed E-state index contributed by atoms with van der Waals surface area (Å²) in [5.74, 6) is 0.708. The van der Waals surface area contributed by atoms with Crippen molar-refractivity contribution >= 4 is 28.4 Å². The number of para-hydroxylation sites is 1. The molecule has 0 saturated carbocycles. The summed E-state index contributed by atoms with van der Waals surface area (Å²) < 4.78 is 0. The van der Waals surface area contributed by atoms with Gasteiger partial charge in [-0.2, -0.15) is 0 Å². The van der Waals surface area contributed by atoms with E-state index in [2.05, 4.69) is 21.7 Å². The summed E-state index contributed by atoms with van der Waals surface area (Å²) in [7, 11) is 0. The molecule has 4 heterocycles. The Morgan fingerprint density at radius 3 is 2.92 bits per heavy atom. The molecule has 0 spiro atoms. The molecule has 2 bridgehead atoms. The molecule has 1 amide bonds. The zero-order valence-corrected chi connectivity index (χ0v) is 16.3. The lowest BCUT2D eigenvalue weighted by atomic mass is 9.95. The van der Waals surface area contributed by atoms with Crippen molar-refractivity contribution in [1.29, 1.82) is 0 Å². The van der Waals surface area contributed by atoms with E-state index in [0.29, 0.717) is 17.0 Å². The molecule has 26 heavy (non-hydrogen) atoms. The first-order valence-corrected chi connectivity index (χ1v) is 10.0. The van der Waals surface area contributed by atoms with E-state index in [9.17, 15) is 4.79 Å². The number of hydrogen-bond acceptors (Lipinski definition) is 3. The third-order valence-electron chi connectivity index (χ3n) is 5.77. The standard InChI is InChI=1S/C21H26ClN3O/c1-3-9-24-11-15-7-8-16(24)13-25(12-15)21(26)18-10-14(2)23-20-17(18)5-4-6-19(20)22/h4-6,10,15-16H,3,7-9,11-13H2,1-2H3/t15-,16-/m1/s1. The minimum absolute atomic E-state index is 0.123. The van der Waals surface area contributed by atoms with Crippen LogP contribution in [0.25, 0.3) is 10.9 Å². The molecule has 0 aliphatic carbocycles. The molecule has 0 unspecified atom stereocenters. The Kier molecular flexibility index (Phi) is 4.89. The van der Waals surface area contributed by atoms with Crippen LogP contribution in [0.5, 0.6) is 0 Å². The van der Waals surface area contributed by atoms with Gasteiger partial charge in [0.25, 0.3) is 5.91 Å². The fourth-order valence-corrected chi connectivity index (χ4v) is 4.81. The zero-order valence-electron chi connectivity index (χ0n) is 15.5. The average Bonchev–Trinajstić information content (AvgIpc) is 2.93. The average molecular weight is 372 g/mol. The molecule has 5 heteroatoms. The molecule has 2 aromatic rings. The summed E-state index contributed by atoms with van der Waals surface area (Å²) in [6, 6.07) is 8.09. The molecule has 5 rings (SSSR count). The fourth-order valence-electron chi connectivity index (χ4n) is 4.59. The van der Waals surface area contributed by atoms with Crippen molar-refractivity contribution in [2.75, 3.05) is 26.2 Å². The van der Waals surface area contributed by atoms with Gasteiger partial charge in [0, 0.05) is 36.8 Å². The number of fused-ring (bicyclic) bond motifs is 5. The van der Waals surface area contributed by atoms with Crippen LogP contribution < -0.4 is 0 Å². The Hall–Kier alpha value is -1.65. The van der Waals surface area contributed by atoms with Crippen molar-refractivity contribution in [3.05, 3.63) is 40.5 Å². The zero-order chi connectivity index (χ0) is 18.3. The van der Waals surface area contributed by atoms with E-state index >= 15 is 0 Å². The number of carbonyl (C=O) groups is 1. The molecule has 2 atom stereocenters. The van der Waals surface area contributed by atoms with E-state index in [1.807, 2.05) is 31.2 Å². The molecule has 0 N–H and O–H groups in total. The van der Waals surface area contributed by atoms with Crippen molar-refractivity contribution in [2.24, 2.45) is 5.92 Å². The lowest BCUT2D eigenvalue weighted by Crippen LogP contribution is -2.44. The topological polar surface area (TPSA) is 36.4 Å². The highest BCUT2D eigenvalue weighted by molar-refractivity contribution is 6.35. The van der Waals surface area contributed by atoms with Gasteiger partial charge in [-0.05, 0) is 50.8 Å². The number of aryl methyl sites for hydroxylation is 1. The highest BCUT2D eigenvalue weighted by Gasteiger charge is 2.36. The maximum Gasteiger partial charge on any atom is 0.254 e. The van der Waals surface area contributed by atoms with Crippen LogP contribution in [0.2, 0.25) is 5.02 Å². The molecular formula is C21H26ClN3O. The van der Waals surface area contributed by atoms with Crippen LogP contribution in [0, 0.1) is 12.8 Å². The molecule has 3 saturated heterocycles. The van der Waals surface area contributed by atoms with Crippen molar-refractivity contribution in [2.45, 2.75) is 39.2 Å². The molecule has 4 nitrogen and oxygen atoms in total. The van der Waals surface area contributed by atoms with Gasteiger partial charge in [0.05, 0.1) is 16.1 Å². The third kappa shape index (κ3) is 3.21. The van der Waals surface area contributed by atoms with Gasteiger partial charge in [0.2, 0.25) is 0 Å². The molecular weight excluding hydrogens is 346 g/mol. The quantitative estimate of drug-likeness (QED) is 0.813. The van der Waals surface area contributed by atoms with Crippen LogP contribution in [0.3, 0.4) is 0 Å². The Labute approximate surface area is 160 Å². The predicted molar refractivity (Wildman–Crippen MR) is 106 cm³/mol. The van der Waals surface area contributed by atoms with Crippen LogP contribution in [-0.2, 0) is 0 Å². The number of pyridine rings is 1. The van der Waals surface area contributed by atoms with Crippen LogP contribution in [0.15, 0.2) is 24.3 Å². The van der Waals surface area contributed by atoms with Crippen molar-refractivity contribution < 1.29 is 4.79 Å². The first kappa shape index (κ1) is 17.7. The Balaban J connectivity index is 1.68. The summed E-state index contributed by atoms with van der Waals surface area (Å²) in [6.45, 7) is 8.11. The van der Waals surface area contributed by atoms with Crippen molar-refractivity contribution in [1.82, 2.24) is 14.8 Å². The first-order valence-electron chi connectivity index (χ1n) is 9.66. The number of piperidine rings is 1. The minimum Gasteiger partial charge on any atom is -0.337 e. The van der Waals surface area contributed by atoms with Gasteiger partial charge in [-0.3, -0.25) is 14.7 Å². The van der Waals surface area contributed by atoms with Crippen LogP contribution in [0.4, 0.5) is 0 Å². The molecule has 3 fully saturated rings. The summed E-state index contributed by atoms with van der Waals surface area (Å²) in [5.41, 5.74) is 2.29. The number of nitrogens with zero attached hydrogens (tertiary/aromatic N) is 3. The second-order valence-corrected chi connectivity index (χ2v) is 8.16. The SMILES string of the molecule is CCCN1C[C@H]2CC[C@@H]1CN(C(=O)c1cc(C)nc3c(Cl)cccc13)C2. The van der Waals surface area contributed by atoms with Gasteiger partial charge in [0.15, 0.2) is 0 Å². The maximum atomic E-state index is 13.4. The molecule has 1 aromatic carbocycles. The fraction of sp³-hybridized carbons (Fsp3) is 0.524. The Morgan fingerprint density at radius 2 is 2.12 bits per heavy atom. The Morgan fingerprint density at radius 1 is 1.27 bits per heavy atom. The van der Waals surface area contributed by atoms with E-state index in [-0.39, 0.29) is 5.91 Å². The van der Waals surface area contributed by atoms with Crippen LogP contribution in [0.1, 0.15) is 42.2 Å². The largest absolute Gasteiger partial charge is 0.337 e. The summed E-state index contributed by atoms with van der Waals surface area (Å²) >= 11 is 6.33. The van der Waals surface area contributed by atoms with Gasteiger partial charge in [0.1, 0.15) is 0 Å². The number of carbonyl (C=O) groups excluding carboxylic acids is 1. The molecule has 138 valence electrons. The molecule has 1 aromatic heterocycles. The number of benzene rings is 1. The highest BCUT2D eigenvalue weighted by Crippen LogP contribution is 2.31. The van der Waals surface area contributed by atoms with E-state index in [1.54, 1.807) is 0 Å². The van der Waals surface area contributed by atoms with Gasteiger partial charge in [-0.15, -0.1) is 0 Å². The molecule has 3 aliphatic heterocycles. The van der Waals surface area contributed by atoms with Crippen molar-refractivity contribution in [3.8, 4) is 0 Å².